The standard InChI is InChI=1S/C31H43N5O5.H2S/c1-31(2,3)40-20-25(29(38)39-4)34-27(37)16-15-26(21-11-7-5-8-12-21)36-19-22-17-28(33-18-24(22)35-30(36)32)41-23-13-9-6-10-14-23;/h6,9-10,13-14,17-18,21,25-26H,5,7-8,11-12,15-16,19-20H2,1-4H3,(H2,32,35)(H,34,37);1H2/t25-,26+;/m1./s1. The minimum atomic E-state index is -0.871. The highest BCUT2D eigenvalue weighted by Gasteiger charge is 2.33. The first-order chi connectivity index (χ1) is 19.6. The number of amides is 1. The van der Waals surface area contributed by atoms with Crippen LogP contribution in [-0.2, 0) is 25.6 Å². The van der Waals surface area contributed by atoms with Gasteiger partial charge in [0.2, 0.25) is 11.8 Å². The third-order valence-electron chi connectivity index (χ3n) is 7.54. The van der Waals surface area contributed by atoms with E-state index in [-0.39, 0.29) is 38.5 Å². The van der Waals surface area contributed by atoms with E-state index in [0.29, 0.717) is 36.5 Å². The number of para-hydroxylation sites is 1. The van der Waals surface area contributed by atoms with Gasteiger partial charge in [-0.1, -0.05) is 37.5 Å². The molecule has 1 aromatic carbocycles. The number of fused-ring (bicyclic) bond motifs is 1. The van der Waals surface area contributed by atoms with Gasteiger partial charge >= 0.3 is 5.97 Å². The van der Waals surface area contributed by atoms with Gasteiger partial charge in [-0.3, -0.25) is 4.79 Å². The molecule has 0 unspecified atom stereocenters. The Labute approximate surface area is 255 Å². The van der Waals surface area contributed by atoms with Crippen LogP contribution in [0.15, 0.2) is 47.6 Å². The summed E-state index contributed by atoms with van der Waals surface area (Å²) in [6.07, 6.45) is 8.18. The van der Waals surface area contributed by atoms with E-state index in [1.807, 2.05) is 57.2 Å². The second kappa shape index (κ2) is 15.2. The molecule has 0 spiro atoms. The van der Waals surface area contributed by atoms with Crippen LogP contribution in [0.3, 0.4) is 0 Å². The molecule has 230 valence electrons. The highest BCUT2D eigenvalue weighted by molar-refractivity contribution is 7.59. The fraction of sp³-hybridized carbons (Fsp3) is 0.548. The number of hydrogen-bond donors (Lipinski definition) is 2. The fourth-order valence-electron chi connectivity index (χ4n) is 5.45. The second-order valence-electron chi connectivity index (χ2n) is 11.7. The average molecular weight is 600 g/mol. The van der Waals surface area contributed by atoms with Gasteiger partial charge in [0.25, 0.3) is 0 Å². The van der Waals surface area contributed by atoms with E-state index in [1.54, 1.807) is 6.20 Å². The SMILES string of the molecule is COC(=O)[C@@H](COC(C)(C)C)NC(=O)CC[C@@H](C1CCCCC1)N1Cc2cc(Oc3ccccc3)ncc2N=C1N.S. The molecule has 0 radical (unpaired) electrons. The number of ether oxygens (including phenoxy) is 3. The Morgan fingerprint density at radius 1 is 1.14 bits per heavy atom. The number of carbonyl (C=O) groups is 2. The van der Waals surface area contributed by atoms with Gasteiger partial charge in [-0.25, -0.2) is 14.8 Å². The van der Waals surface area contributed by atoms with Gasteiger partial charge in [0.1, 0.15) is 5.75 Å². The van der Waals surface area contributed by atoms with Crippen LogP contribution in [0.4, 0.5) is 5.69 Å². The number of carbonyl (C=O) groups excluding carboxylic acids is 2. The molecule has 0 bridgehead atoms. The predicted octanol–water partition coefficient (Wildman–Crippen LogP) is 4.95. The van der Waals surface area contributed by atoms with E-state index in [1.165, 1.54) is 13.5 Å². The summed E-state index contributed by atoms with van der Waals surface area (Å²) in [6.45, 7) is 6.28. The highest BCUT2D eigenvalue weighted by atomic mass is 32.1. The van der Waals surface area contributed by atoms with Crippen LogP contribution in [-0.4, -0.2) is 59.1 Å². The van der Waals surface area contributed by atoms with Crippen molar-refractivity contribution in [2.45, 2.75) is 89.9 Å². The zero-order valence-corrected chi connectivity index (χ0v) is 26.1. The van der Waals surface area contributed by atoms with Crippen molar-refractivity contribution in [2.24, 2.45) is 16.6 Å². The summed E-state index contributed by atoms with van der Waals surface area (Å²) < 4.78 is 16.6. The molecule has 1 aromatic heterocycles. The van der Waals surface area contributed by atoms with Crippen LogP contribution < -0.4 is 15.8 Å². The van der Waals surface area contributed by atoms with Crippen molar-refractivity contribution in [2.75, 3.05) is 13.7 Å². The number of hydrogen-bond acceptors (Lipinski definition) is 9. The number of nitrogens with zero attached hydrogens (tertiary/aromatic N) is 3. The molecule has 2 heterocycles. The van der Waals surface area contributed by atoms with Gasteiger partial charge < -0.3 is 30.2 Å². The van der Waals surface area contributed by atoms with Gasteiger partial charge in [-0.2, -0.15) is 13.5 Å². The number of aliphatic imine (C=N–C) groups is 1. The fourth-order valence-corrected chi connectivity index (χ4v) is 5.45. The lowest BCUT2D eigenvalue weighted by atomic mass is 9.81. The summed E-state index contributed by atoms with van der Waals surface area (Å²) in [5.74, 6) is 1.25. The van der Waals surface area contributed by atoms with Crippen molar-refractivity contribution in [3.8, 4) is 11.6 Å². The molecule has 2 aromatic rings. The lowest BCUT2D eigenvalue weighted by Crippen LogP contribution is -2.50. The lowest BCUT2D eigenvalue weighted by Gasteiger charge is -2.41. The van der Waals surface area contributed by atoms with Crippen molar-refractivity contribution in [1.29, 1.82) is 0 Å². The molecule has 1 fully saturated rings. The zero-order chi connectivity index (χ0) is 29.4. The van der Waals surface area contributed by atoms with E-state index in [4.69, 9.17) is 19.9 Å². The van der Waals surface area contributed by atoms with E-state index in [9.17, 15) is 9.59 Å². The van der Waals surface area contributed by atoms with Crippen LogP contribution >= 0.6 is 13.5 Å². The number of aromatic nitrogens is 1. The van der Waals surface area contributed by atoms with E-state index in [0.717, 1.165) is 36.9 Å². The molecule has 1 saturated carbocycles. The third-order valence-corrected chi connectivity index (χ3v) is 7.54. The Hall–Kier alpha value is -3.31. The lowest BCUT2D eigenvalue weighted by molar-refractivity contribution is -0.148. The predicted molar refractivity (Wildman–Crippen MR) is 167 cm³/mol. The van der Waals surface area contributed by atoms with Crippen molar-refractivity contribution < 1.29 is 23.8 Å². The number of guanidine groups is 1. The maximum atomic E-state index is 13.1. The summed E-state index contributed by atoms with van der Waals surface area (Å²) in [5.41, 5.74) is 7.76. The molecule has 1 amide bonds. The van der Waals surface area contributed by atoms with E-state index in [2.05, 4.69) is 20.2 Å². The maximum Gasteiger partial charge on any atom is 0.330 e. The van der Waals surface area contributed by atoms with Gasteiger partial charge in [0, 0.05) is 30.6 Å². The van der Waals surface area contributed by atoms with Crippen molar-refractivity contribution in [1.82, 2.24) is 15.2 Å². The Morgan fingerprint density at radius 3 is 2.52 bits per heavy atom. The molecular weight excluding hydrogens is 554 g/mol. The smallest absolute Gasteiger partial charge is 0.330 e. The average Bonchev–Trinajstić information content (AvgIpc) is 2.96. The first-order valence-corrected chi connectivity index (χ1v) is 14.5. The first kappa shape index (κ1) is 33.2. The van der Waals surface area contributed by atoms with Crippen molar-refractivity contribution in [3.05, 3.63) is 48.2 Å². The monoisotopic (exact) mass is 599 g/mol. The van der Waals surface area contributed by atoms with Crippen LogP contribution in [0.25, 0.3) is 0 Å². The number of methoxy groups -OCH3 is 1. The quantitative estimate of drug-likeness (QED) is 0.347. The molecule has 4 rings (SSSR count). The number of nitrogens with two attached hydrogens (primary N) is 1. The van der Waals surface area contributed by atoms with E-state index >= 15 is 0 Å². The molecule has 3 N–H and O–H groups in total. The van der Waals surface area contributed by atoms with Crippen LogP contribution in [0, 0.1) is 5.92 Å². The second-order valence-corrected chi connectivity index (χ2v) is 11.7. The molecule has 0 saturated heterocycles. The number of nitrogens with one attached hydrogen (secondary N) is 1. The third kappa shape index (κ3) is 9.35. The number of benzene rings is 1. The summed E-state index contributed by atoms with van der Waals surface area (Å²) in [7, 11) is 1.31. The highest BCUT2D eigenvalue weighted by Crippen LogP contribution is 2.36. The summed E-state index contributed by atoms with van der Waals surface area (Å²) in [5, 5.41) is 2.82. The van der Waals surface area contributed by atoms with Gasteiger partial charge in [-0.05, 0) is 58.1 Å². The summed E-state index contributed by atoms with van der Waals surface area (Å²) in [4.78, 5) is 36.6. The topological polar surface area (TPSA) is 128 Å². The van der Waals surface area contributed by atoms with Crippen molar-refractivity contribution in [3.63, 3.8) is 0 Å². The van der Waals surface area contributed by atoms with Gasteiger partial charge in [0.15, 0.2) is 12.0 Å². The normalized spacial score (nSPS) is 16.8. The molecule has 1 aliphatic carbocycles. The largest absolute Gasteiger partial charge is 0.467 e. The van der Waals surface area contributed by atoms with Crippen LogP contribution in [0.2, 0.25) is 0 Å². The number of pyridine rings is 1. The Bertz CT molecular complexity index is 1210. The first-order valence-electron chi connectivity index (χ1n) is 14.5. The molecule has 2 atom stereocenters. The molecule has 10 nitrogen and oxygen atoms in total. The molecule has 1 aliphatic heterocycles. The van der Waals surface area contributed by atoms with Crippen LogP contribution in [0.5, 0.6) is 11.6 Å². The number of esters is 1. The molecule has 2 aliphatic rings. The summed E-state index contributed by atoms with van der Waals surface area (Å²) in [6, 6.07) is 10.6. The maximum absolute atomic E-state index is 13.1. The Balaban J connectivity index is 0.00000484. The minimum absolute atomic E-state index is 0. The molecular formula is C31H45N5O5S. The number of rotatable bonds is 11. The summed E-state index contributed by atoms with van der Waals surface area (Å²) >= 11 is 0. The van der Waals surface area contributed by atoms with Gasteiger partial charge in [0.05, 0.1) is 31.2 Å². The Kier molecular flexibility index (Phi) is 12.0. The zero-order valence-electron chi connectivity index (χ0n) is 25.1. The molecule has 11 heteroatoms. The van der Waals surface area contributed by atoms with Gasteiger partial charge in [-0.15, -0.1) is 0 Å². The van der Waals surface area contributed by atoms with Crippen molar-refractivity contribution >= 4 is 37.0 Å². The minimum Gasteiger partial charge on any atom is -0.467 e. The Morgan fingerprint density at radius 2 is 1.86 bits per heavy atom. The van der Waals surface area contributed by atoms with Crippen LogP contribution in [0.1, 0.15) is 71.3 Å². The molecule has 42 heavy (non-hydrogen) atoms. The van der Waals surface area contributed by atoms with E-state index < -0.39 is 17.6 Å².